The zero-order chi connectivity index (χ0) is 14.7. The number of carbonyl (C=O) groups is 2. The largest absolute Gasteiger partial charge is 0.454 e. The molecule has 20 heavy (non-hydrogen) atoms. The predicted octanol–water partition coefficient (Wildman–Crippen LogP) is 0.794. The Balaban J connectivity index is 2.08. The van der Waals surface area contributed by atoms with E-state index >= 15 is 0 Å². The second-order valence-corrected chi connectivity index (χ2v) is 4.96. The van der Waals surface area contributed by atoms with Crippen LogP contribution in [0, 0.1) is 0 Å². The molecular formula is C14H18N2O4. The summed E-state index contributed by atoms with van der Waals surface area (Å²) >= 11 is 0. The molecule has 2 N–H and O–H groups in total. The highest BCUT2D eigenvalue weighted by Gasteiger charge is 2.20. The summed E-state index contributed by atoms with van der Waals surface area (Å²) < 4.78 is 10.4. The summed E-state index contributed by atoms with van der Waals surface area (Å²) in [6.07, 6.45) is 0. The monoisotopic (exact) mass is 278 g/mol. The first-order chi connectivity index (χ1) is 9.47. The molecule has 0 radical (unpaired) electrons. The highest BCUT2D eigenvalue weighted by Crippen LogP contribution is 2.32. The first-order valence-corrected chi connectivity index (χ1v) is 6.42. The summed E-state index contributed by atoms with van der Waals surface area (Å²) in [5.74, 6) is 0.677. The molecule has 1 aromatic carbocycles. The van der Waals surface area contributed by atoms with Crippen LogP contribution >= 0.6 is 0 Å². The van der Waals surface area contributed by atoms with Crippen LogP contribution in [0.15, 0.2) is 18.2 Å². The second kappa shape index (κ2) is 5.92. The molecule has 0 bridgehead atoms. The Morgan fingerprint density at radius 1 is 1.25 bits per heavy atom. The Morgan fingerprint density at radius 2 is 1.95 bits per heavy atom. The molecule has 0 fully saturated rings. The molecule has 0 spiro atoms. The highest BCUT2D eigenvalue weighted by atomic mass is 16.7. The van der Waals surface area contributed by atoms with Gasteiger partial charge in [0.2, 0.25) is 12.7 Å². The Kier molecular flexibility index (Phi) is 4.24. The molecule has 1 aromatic rings. The lowest BCUT2D eigenvalue weighted by Crippen LogP contribution is -2.41. The zero-order valence-corrected chi connectivity index (χ0v) is 11.6. The van der Waals surface area contributed by atoms with Crippen molar-refractivity contribution in [2.75, 3.05) is 19.9 Å². The van der Waals surface area contributed by atoms with Crippen LogP contribution in [0.3, 0.4) is 0 Å². The lowest BCUT2D eigenvalue weighted by molar-refractivity contribution is -0.119. The fourth-order valence-corrected chi connectivity index (χ4v) is 1.97. The summed E-state index contributed by atoms with van der Waals surface area (Å²) in [5, 5.41) is 0. The van der Waals surface area contributed by atoms with E-state index in [0.29, 0.717) is 17.1 Å². The Hall–Kier alpha value is -2.08. The Bertz CT molecular complexity index is 528. The van der Waals surface area contributed by atoms with Crippen LogP contribution in [0.1, 0.15) is 24.2 Å². The van der Waals surface area contributed by atoms with Crippen LogP contribution in [-0.4, -0.2) is 42.5 Å². The fourth-order valence-electron chi connectivity index (χ4n) is 1.97. The van der Waals surface area contributed by atoms with Gasteiger partial charge in [-0.05, 0) is 32.0 Å². The number of carbonyl (C=O) groups excluding carboxylic acids is 2. The molecule has 1 amide bonds. The van der Waals surface area contributed by atoms with Crippen molar-refractivity contribution < 1.29 is 19.1 Å². The van der Waals surface area contributed by atoms with E-state index in [1.807, 2.05) is 13.8 Å². The summed E-state index contributed by atoms with van der Waals surface area (Å²) in [6, 6.07) is 5.12. The van der Waals surface area contributed by atoms with Crippen LogP contribution in [0.2, 0.25) is 0 Å². The molecule has 108 valence electrons. The Labute approximate surface area is 117 Å². The molecule has 0 aromatic heterocycles. The molecule has 6 heteroatoms. The first-order valence-electron chi connectivity index (χ1n) is 6.42. The molecule has 1 aliphatic rings. The SMILES string of the molecule is CC(C)N(CC(N)=O)CC(=O)c1ccc2c(c1)OCO2. The number of primary amides is 1. The summed E-state index contributed by atoms with van der Waals surface area (Å²) in [5.41, 5.74) is 5.72. The molecule has 1 heterocycles. The van der Waals surface area contributed by atoms with E-state index in [9.17, 15) is 9.59 Å². The minimum absolute atomic E-state index is 0.0560. The van der Waals surface area contributed by atoms with Gasteiger partial charge in [0.05, 0.1) is 13.1 Å². The number of nitrogens with two attached hydrogens (primary N) is 1. The summed E-state index contributed by atoms with van der Waals surface area (Å²) in [7, 11) is 0. The number of Topliss-reactive ketones (excluding diaryl/α,β-unsaturated/α-hetero) is 1. The number of rotatable bonds is 6. The lowest BCUT2D eigenvalue weighted by Gasteiger charge is -2.24. The van der Waals surface area contributed by atoms with Gasteiger partial charge in [-0.1, -0.05) is 0 Å². The van der Waals surface area contributed by atoms with Crippen molar-refractivity contribution in [1.82, 2.24) is 4.90 Å². The third-order valence-electron chi connectivity index (χ3n) is 3.13. The number of ketones is 1. The maximum absolute atomic E-state index is 12.3. The topological polar surface area (TPSA) is 81.9 Å². The van der Waals surface area contributed by atoms with Gasteiger partial charge in [0, 0.05) is 11.6 Å². The van der Waals surface area contributed by atoms with E-state index in [-0.39, 0.29) is 31.7 Å². The Morgan fingerprint density at radius 3 is 2.60 bits per heavy atom. The van der Waals surface area contributed by atoms with Crippen molar-refractivity contribution in [2.45, 2.75) is 19.9 Å². The predicted molar refractivity (Wildman–Crippen MR) is 72.8 cm³/mol. The van der Waals surface area contributed by atoms with Crippen LogP contribution in [0.5, 0.6) is 11.5 Å². The van der Waals surface area contributed by atoms with Gasteiger partial charge < -0.3 is 15.2 Å². The van der Waals surface area contributed by atoms with Crippen LogP contribution in [0.25, 0.3) is 0 Å². The van der Waals surface area contributed by atoms with Crippen molar-refractivity contribution in [1.29, 1.82) is 0 Å². The number of nitrogens with zero attached hydrogens (tertiary/aromatic N) is 1. The summed E-state index contributed by atoms with van der Waals surface area (Å²) in [4.78, 5) is 25.0. The number of hydrogen-bond acceptors (Lipinski definition) is 5. The van der Waals surface area contributed by atoms with Crippen LogP contribution in [-0.2, 0) is 4.79 Å². The van der Waals surface area contributed by atoms with Crippen molar-refractivity contribution in [3.8, 4) is 11.5 Å². The van der Waals surface area contributed by atoms with E-state index in [1.165, 1.54) is 0 Å². The van der Waals surface area contributed by atoms with Gasteiger partial charge >= 0.3 is 0 Å². The van der Waals surface area contributed by atoms with Gasteiger partial charge in [-0.2, -0.15) is 0 Å². The van der Waals surface area contributed by atoms with E-state index < -0.39 is 5.91 Å². The standard InChI is InChI=1S/C14H18N2O4/c1-9(2)16(7-14(15)18)6-11(17)10-3-4-12-13(5-10)20-8-19-12/h3-5,9H,6-8H2,1-2H3,(H2,15,18). The minimum Gasteiger partial charge on any atom is -0.454 e. The molecule has 6 nitrogen and oxygen atoms in total. The molecule has 0 unspecified atom stereocenters. The number of fused-ring (bicyclic) bond motifs is 1. The van der Waals surface area contributed by atoms with Gasteiger partial charge in [-0.3, -0.25) is 14.5 Å². The van der Waals surface area contributed by atoms with E-state index in [4.69, 9.17) is 15.2 Å². The van der Waals surface area contributed by atoms with E-state index in [0.717, 1.165) is 0 Å². The molecule has 2 rings (SSSR count). The van der Waals surface area contributed by atoms with Crippen LogP contribution in [0.4, 0.5) is 0 Å². The average Bonchev–Trinajstić information content (AvgIpc) is 2.84. The van der Waals surface area contributed by atoms with E-state index in [2.05, 4.69) is 0 Å². The average molecular weight is 278 g/mol. The number of amides is 1. The molecule has 0 atom stereocenters. The summed E-state index contributed by atoms with van der Waals surface area (Å²) in [6.45, 7) is 4.20. The smallest absolute Gasteiger partial charge is 0.231 e. The van der Waals surface area contributed by atoms with Gasteiger partial charge in [0.25, 0.3) is 0 Å². The highest BCUT2D eigenvalue weighted by molar-refractivity contribution is 5.98. The number of benzene rings is 1. The minimum atomic E-state index is -0.447. The van der Waals surface area contributed by atoms with Crippen molar-refractivity contribution in [3.63, 3.8) is 0 Å². The van der Waals surface area contributed by atoms with Crippen LogP contribution < -0.4 is 15.2 Å². The first kappa shape index (κ1) is 14.3. The third-order valence-corrected chi connectivity index (χ3v) is 3.13. The van der Waals surface area contributed by atoms with Crippen molar-refractivity contribution >= 4 is 11.7 Å². The number of hydrogen-bond donors (Lipinski definition) is 1. The lowest BCUT2D eigenvalue weighted by atomic mass is 10.1. The second-order valence-electron chi connectivity index (χ2n) is 4.96. The van der Waals surface area contributed by atoms with E-state index in [1.54, 1.807) is 23.1 Å². The normalized spacial score (nSPS) is 13.0. The maximum atomic E-state index is 12.3. The molecular weight excluding hydrogens is 260 g/mol. The van der Waals surface area contributed by atoms with Gasteiger partial charge in [0.1, 0.15) is 0 Å². The van der Waals surface area contributed by atoms with Gasteiger partial charge in [-0.15, -0.1) is 0 Å². The van der Waals surface area contributed by atoms with Crippen molar-refractivity contribution in [2.24, 2.45) is 5.73 Å². The fraction of sp³-hybridized carbons (Fsp3) is 0.429. The third kappa shape index (κ3) is 3.27. The molecule has 0 aliphatic carbocycles. The molecule has 0 saturated carbocycles. The van der Waals surface area contributed by atoms with Gasteiger partial charge in [-0.25, -0.2) is 0 Å². The maximum Gasteiger partial charge on any atom is 0.231 e. The van der Waals surface area contributed by atoms with Crippen molar-refractivity contribution in [3.05, 3.63) is 23.8 Å². The zero-order valence-electron chi connectivity index (χ0n) is 11.6. The number of ether oxygens (including phenoxy) is 2. The molecule has 0 saturated heterocycles. The quantitative estimate of drug-likeness (QED) is 0.778. The van der Waals surface area contributed by atoms with Gasteiger partial charge in [0.15, 0.2) is 17.3 Å². The molecule has 1 aliphatic heterocycles.